The van der Waals surface area contributed by atoms with Gasteiger partial charge in [0.1, 0.15) is 0 Å². The van der Waals surface area contributed by atoms with E-state index < -0.39 is 0 Å². The number of hydrogen-bond acceptors (Lipinski definition) is 3. The number of amides is 2. The minimum atomic E-state index is -0.350. The van der Waals surface area contributed by atoms with Gasteiger partial charge in [-0.05, 0) is 24.3 Å². The number of anilines is 1. The molecule has 3 rings (SSSR count). The van der Waals surface area contributed by atoms with Gasteiger partial charge in [0.05, 0.1) is 16.6 Å². The molecule has 0 saturated carbocycles. The summed E-state index contributed by atoms with van der Waals surface area (Å²) in [4.78, 5) is 30.3. The fourth-order valence-corrected chi connectivity index (χ4v) is 3.03. The lowest BCUT2D eigenvalue weighted by atomic mass is 10.1. The molecule has 1 aromatic heterocycles. The van der Waals surface area contributed by atoms with Crippen LogP contribution >= 0.6 is 11.6 Å². The standard InChI is InChI=1S/C18H18ClN3O2/c19-15-6-1-2-7-16(15)22-12-13(11-17(22)23)18(24)21-10-8-14-5-3-4-9-20-14/h1-7,9,13H,8,10-12H2,(H,21,24). The van der Waals surface area contributed by atoms with Gasteiger partial charge in [0, 0.05) is 37.8 Å². The van der Waals surface area contributed by atoms with E-state index in [0.717, 1.165) is 5.69 Å². The minimum Gasteiger partial charge on any atom is -0.355 e. The number of nitrogens with one attached hydrogen (secondary N) is 1. The number of nitrogens with zero attached hydrogens (tertiary/aromatic N) is 2. The van der Waals surface area contributed by atoms with E-state index in [0.29, 0.717) is 30.2 Å². The highest BCUT2D eigenvalue weighted by Gasteiger charge is 2.35. The molecule has 1 saturated heterocycles. The molecule has 1 aliphatic rings. The molecule has 6 heteroatoms. The van der Waals surface area contributed by atoms with E-state index in [-0.39, 0.29) is 24.2 Å². The van der Waals surface area contributed by atoms with Crippen molar-refractivity contribution in [2.45, 2.75) is 12.8 Å². The van der Waals surface area contributed by atoms with Gasteiger partial charge in [0.25, 0.3) is 0 Å². The maximum atomic E-state index is 12.3. The van der Waals surface area contributed by atoms with Gasteiger partial charge < -0.3 is 10.2 Å². The van der Waals surface area contributed by atoms with Crippen LogP contribution in [0.3, 0.4) is 0 Å². The Morgan fingerprint density at radius 2 is 2.04 bits per heavy atom. The van der Waals surface area contributed by atoms with Crippen molar-refractivity contribution in [2.24, 2.45) is 5.92 Å². The molecule has 1 aliphatic heterocycles. The van der Waals surface area contributed by atoms with Crippen molar-refractivity contribution in [2.75, 3.05) is 18.0 Å². The van der Waals surface area contributed by atoms with Crippen LogP contribution in [-0.2, 0) is 16.0 Å². The maximum absolute atomic E-state index is 12.3. The molecule has 24 heavy (non-hydrogen) atoms. The first kappa shape index (κ1) is 16.5. The van der Waals surface area contributed by atoms with Crippen molar-refractivity contribution in [3.05, 3.63) is 59.4 Å². The predicted octanol–water partition coefficient (Wildman–Crippen LogP) is 2.45. The summed E-state index contributed by atoms with van der Waals surface area (Å²) in [6.45, 7) is 0.866. The zero-order valence-corrected chi connectivity index (χ0v) is 13.9. The van der Waals surface area contributed by atoms with E-state index in [9.17, 15) is 9.59 Å². The summed E-state index contributed by atoms with van der Waals surface area (Å²) in [6, 6.07) is 12.9. The van der Waals surface area contributed by atoms with Crippen molar-refractivity contribution in [1.29, 1.82) is 0 Å². The fraction of sp³-hybridized carbons (Fsp3) is 0.278. The third kappa shape index (κ3) is 3.74. The Balaban J connectivity index is 1.55. The number of carbonyl (C=O) groups is 2. The Bertz CT molecular complexity index is 736. The molecule has 0 spiro atoms. The first-order valence-corrected chi connectivity index (χ1v) is 8.25. The summed E-state index contributed by atoms with van der Waals surface area (Å²) >= 11 is 6.15. The van der Waals surface area contributed by atoms with Crippen molar-refractivity contribution in [1.82, 2.24) is 10.3 Å². The van der Waals surface area contributed by atoms with Gasteiger partial charge in [0.2, 0.25) is 11.8 Å². The average molecular weight is 344 g/mol. The Morgan fingerprint density at radius 3 is 2.79 bits per heavy atom. The summed E-state index contributed by atoms with van der Waals surface area (Å²) in [6.07, 6.45) is 2.61. The van der Waals surface area contributed by atoms with Crippen LogP contribution in [0.25, 0.3) is 0 Å². The quantitative estimate of drug-likeness (QED) is 0.907. The summed E-state index contributed by atoms with van der Waals surface area (Å²) in [7, 11) is 0. The molecule has 0 bridgehead atoms. The van der Waals surface area contributed by atoms with E-state index >= 15 is 0 Å². The lowest BCUT2D eigenvalue weighted by Gasteiger charge is -2.18. The Morgan fingerprint density at radius 1 is 1.25 bits per heavy atom. The summed E-state index contributed by atoms with van der Waals surface area (Å²) in [5, 5.41) is 3.41. The smallest absolute Gasteiger partial charge is 0.227 e. The van der Waals surface area contributed by atoms with Crippen LogP contribution in [0.4, 0.5) is 5.69 Å². The molecule has 1 aromatic carbocycles. The first-order chi connectivity index (χ1) is 11.6. The topological polar surface area (TPSA) is 62.3 Å². The number of carbonyl (C=O) groups excluding carboxylic acids is 2. The molecule has 5 nitrogen and oxygen atoms in total. The number of para-hydroxylation sites is 1. The van der Waals surface area contributed by atoms with Crippen LogP contribution < -0.4 is 10.2 Å². The summed E-state index contributed by atoms with van der Waals surface area (Å²) < 4.78 is 0. The second-order valence-corrected chi connectivity index (χ2v) is 6.13. The maximum Gasteiger partial charge on any atom is 0.227 e. The second kappa shape index (κ2) is 7.45. The largest absolute Gasteiger partial charge is 0.355 e. The third-order valence-corrected chi connectivity index (χ3v) is 4.37. The molecule has 1 atom stereocenters. The number of pyridine rings is 1. The van der Waals surface area contributed by atoms with Gasteiger partial charge in [-0.1, -0.05) is 29.8 Å². The average Bonchev–Trinajstić information content (AvgIpc) is 2.98. The second-order valence-electron chi connectivity index (χ2n) is 5.72. The Labute approximate surface area is 145 Å². The van der Waals surface area contributed by atoms with Gasteiger partial charge in [-0.3, -0.25) is 14.6 Å². The number of benzene rings is 1. The molecular weight excluding hydrogens is 326 g/mol. The molecule has 1 unspecified atom stereocenters. The van der Waals surface area contributed by atoms with Gasteiger partial charge in [-0.2, -0.15) is 0 Å². The van der Waals surface area contributed by atoms with Crippen molar-refractivity contribution < 1.29 is 9.59 Å². The highest BCUT2D eigenvalue weighted by atomic mass is 35.5. The zero-order chi connectivity index (χ0) is 16.9. The van der Waals surface area contributed by atoms with Gasteiger partial charge in [-0.15, -0.1) is 0 Å². The van der Waals surface area contributed by atoms with E-state index in [1.807, 2.05) is 30.3 Å². The number of hydrogen-bond donors (Lipinski definition) is 1. The summed E-state index contributed by atoms with van der Waals surface area (Å²) in [5.41, 5.74) is 1.59. The van der Waals surface area contributed by atoms with E-state index in [1.165, 1.54) is 0 Å². The van der Waals surface area contributed by atoms with E-state index in [2.05, 4.69) is 10.3 Å². The van der Waals surface area contributed by atoms with Gasteiger partial charge >= 0.3 is 0 Å². The van der Waals surface area contributed by atoms with Crippen LogP contribution in [0, 0.1) is 5.92 Å². The SMILES string of the molecule is O=C(NCCc1ccccn1)C1CC(=O)N(c2ccccc2Cl)C1. The Kier molecular flexibility index (Phi) is 5.11. The molecule has 0 aliphatic carbocycles. The summed E-state index contributed by atoms with van der Waals surface area (Å²) in [5.74, 6) is -0.528. The minimum absolute atomic E-state index is 0.0759. The van der Waals surface area contributed by atoms with Gasteiger partial charge in [-0.25, -0.2) is 0 Å². The normalized spacial score (nSPS) is 17.1. The third-order valence-electron chi connectivity index (χ3n) is 4.05. The van der Waals surface area contributed by atoms with Crippen molar-refractivity contribution in [3.63, 3.8) is 0 Å². The van der Waals surface area contributed by atoms with Crippen LogP contribution in [0.5, 0.6) is 0 Å². The predicted molar refractivity (Wildman–Crippen MR) is 92.9 cm³/mol. The molecule has 2 heterocycles. The highest BCUT2D eigenvalue weighted by molar-refractivity contribution is 6.33. The van der Waals surface area contributed by atoms with Crippen LogP contribution in [0.15, 0.2) is 48.7 Å². The van der Waals surface area contributed by atoms with E-state index in [1.54, 1.807) is 23.2 Å². The first-order valence-electron chi connectivity index (χ1n) is 7.87. The lowest BCUT2D eigenvalue weighted by Crippen LogP contribution is -2.34. The number of aromatic nitrogens is 1. The monoisotopic (exact) mass is 343 g/mol. The molecule has 124 valence electrons. The fourth-order valence-electron chi connectivity index (χ4n) is 2.79. The van der Waals surface area contributed by atoms with E-state index in [4.69, 9.17) is 11.6 Å². The number of rotatable bonds is 5. The zero-order valence-electron chi connectivity index (χ0n) is 13.1. The molecule has 1 fully saturated rings. The lowest BCUT2D eigenvalue weighted by molar-refractivity contribution is -0.126. The van der Waals surface area contributed by atoms with Gasteiger partial charge in [0.15, 0.2) is 0 Å². The number of halogens is 1. The van der Waals surface area contributed by atoms with Crippen molar-refractivity contribution in [3.8, 4) is 0 Å². The van der Waals surface area contributed by atoms with Crippen LogP contribution in [0.1, 0.15) is 12.1 Å². The molecule has 2 aromatic rings. The molecule has 1 N–H and O–H groups in total. The highest BCUT2D eigenvalue weighted by Crippen LogP contribution is 2.30. The molecular formula is C18H18ClN3O2. The Hall–Kier alpha value is -2.40. The van der Waals surface area contributed by atoms with Crippen molar-refractivity contribution >= 4 is 29.1 Å². The van der Waals surface area contributed by atoms with Crippen LogP contribution in [0.2, 0.25) is 5.02 Å². The molecule has 0 radical (unpaired) electrons. The molecule has 2 amide bonds. The van der Waals surface area contributed by atoms with Crippen LogP contribution in [-0.4, -0.2) is 29.9 Å².